The molecule has 0 aliphatic carbocycles. The molecule has 4 heterocycles. The van der Waals surface area contributed by atoms with Crippen LogP contribution in [0.5, 0.6) is 5.75 Å². The van der Waals surface area contributed by atoms with Crippen LogP contribution in [0.1, 0.15) is 25.5 Å². The van der Waals surface area contributed by atoms with Crippen LogP contribution >= 0.6 is 11.5 Å². The lowest BCUT2D eigenvalue weighted by Gasteiger charge is -2.61. The number of carbonyl (C=O) groups is 1. The first-order chi connectivity index (χ1) is 17.3. The molecule has 184 valence electrons. The van der Waals surface area contributed by atoms with Crippen molar-refractivity contribution >= 4 is 39.1 Å². The first kappa shape index (κ1) is 22.7. The number of phenols is 1. The number of fused-ring (bicyclic) bond motifs is 1. The first-order valence-corrected chi connectivity index (χ1v) is 12.8. The molecule has 2 aliphatic heterocycles. The second-order valence-electron chi connectivity index (χ2n) is 10.4. The van der Waals surface area contributed by atoms with Crippen LogP contribution in [-0.4, -0.2) is 56.9 Å². The second-order valence-corrected chi connectivity index (χ2v) is 11.1. The fourth-order valence-electron chi connectivity index (χ4n) is 5.44. The summed E-state index contributed by atoms with van der Waals surface area (Å²) in [5.41, 5.74) is 4.22. The Morgan fingerprint density at radius 3 is 2.47 bits per heavy atom. The van der Waals surface area contributed by atoms with Gasteiger partial charge in [0.05, 0.1) is 16.9 Å². The Morgan fingerprint density at radius 2 is 1.75 bits per heavy atom. The van der Waals surface area contributed by atoms with Crippen molar-refractivity contribution in [3.8, 4) is 17.0 Å². The third-order valence-corrected chi connectivity index (χ3v) is 8.17. The number of aromatic nitrogens is 3. The van der Waals surface area contributed by atoms with Crippen LogP contribution in [0.15, 0.2) is 54.6 Å². The molecule has 2 aromatic heterocycles. The van der Waals surface area contributed by atoms with Gasteiger partial charge in [-0.1, -0.05) is 32.0 Å². The van der Waals surface area contributed by atoms with E-state index in [0.717, 1.165) is 47.8 Å². The Morgan fingerprint density at radius 1 is 1.00 bits per heavy atom. The highest BCUT2D eigenvalue weighted by atomic mass is 32.1. The van der Waals surface area contributed by atoms with E-state index in [1.165, 1.54) is 11.5 Å². The molecule has 1 spiro atoms. The van der Waals surface area contributed by atoms with Crippen molar-refractivity contribution in [3.05, 3.63) is 60.3 Å². The van der Waals surface area contributed by atoms with E-state index >= 15 is 0 Å². The fraction of sp³-hybridized carbons (Fsp3) is 0.333. The minimum absolute atomic E-state index is 0.00379. The Hall–Kier alpha value is -3.72. The molecule has 4 aromatic rings. The van der Waals surface area contributed by atoms with Gasteiger partial charge in [0, 0.05) is 48.2 Å². The normalized spacial score (nSPS) is 17.3. The van der Waals surface area contributed by atoms with Gasteiger partial charge in [0.2, 0.25) is 0 Å². The quantitative estimate of drug-likeness (QED) is 0.395. The van der Waals surface area contributed by atoms with Crippen molar-refractivity contribution in [1.82, 2.24) is 14.6 Å². The van der Waals surface area contributed by atoms with Crippen LogP contribution in [-0.2, 0) is 4.79 Å². The molecule has 9 heteroatoms. The lowest BCUT2D eigenvalue weighted by atomic mass is 9.72. The molecular weight excluding hydrogens is 474 g/mol. The van der Waals surface area contributed by atoms with E-state index < -0.39 is 11.9 Å². The van der Waals surface area contributed by atoms with E-state index in [2.05, 4.69) is 42.6 Å². The van der Waals surface area contributed by atoms with Gasteiger partial charge in [0.25, 0.3) is 0 Å². The number of nitrogens with zero attached hydrogens (tertiary/aromatic N) is 5. The molecule has 0 amide bonds. The zero-order chi connectivity index (χ0) is 25.0. The van der Waals surface area contributed by atoms with E-state index in [-0.39, 0.29) is 17.1 Å². The van der Waals surface area contributed by atoms with Gasteiger partial charge < -0.3 is 20.0 Å². The van der Waals surface area contributed by atoms with Crippen molar-refractivity contribution in [1.29, 1.82) is 0 Å². The highest BCUT2D eigenvalue weighted by Gasteiger charge is 2.52. The molecular formula is C27H27N5O3S. The summed E-state index contributed by atoms with van der Waals surface area (Å²) < 4.78 is 4.46. The summed E-state index contributed by atoms with van der Waals surface area (Å²) in [6.07, 6.45) is 0. The standard InChI is InChI=1S/C27H27N5O3S/c1-16(2)25(26(34)35)22-11-24(36-30-22)32-14-27(15-32)12-31(13-27)18-8-7-17-9-21(29-28-20(17)10-18)19-5-3-4-6-23(19)33/h3-11,16,25,33H,12-15H2,1-2H3,(H,34,35). The predicted octanol–water partition coefficient (Wildman–Crippen LogP) is 4.61. The number of aliphatic carboxylic acids is 1. The lowest BCUT2D eigenvalue weighted by Crippen LogP contribution is -2.72. The third kappa shape index (κ3) is 3.83. The molecule has 2 N–H and O–H groups in total. The van der Waals surface area contributed by atoms with Crippen molar-refractivity contribution < 1.29 is 15.0 Å². The molecule has 36 heavy (non-hydrogen) atoms. The number of hydrogen-bond donors (Lipinski definition) is 2. The SMILES string of the molecule is CC(C)C(C(=O)O)c1cc(N2CC3(CN(c4ccc5cc(-c6ccccc6O)nnc5c4)C3)C2)sn1. The first-order valence-electron chi connectivity index (χ1n) is 12.1. The van der Waals surface area contributed by atoms with Gasteiger partial charge in [-0.05, 0) is 53.8 Å². The molecule has 2 aliphatic rings. The molecule has 1 atom stereocenters. The Bertz CT molecular complexity index is 1450. The van der Waals surface area contributed by atoms with Gasteiger partial charge in [-0.2, -0.15) is 4.37 Å². The van der Waals surface area contributed by atoms with Gasteiger partial charge in [0.15, 0.2) is 0 Å². The molecule has 0 radical (unpaired) electrons. The minimum atomic E-state index is -0.814. The zero-order valence-electron chi connectivity index (χ0n) is 20.1. The summed E-state index contributed by atoms with van der Waals surface area (Å²) >= 11 is 1.40. The molecule has 0 saturated carbocycles. The van der Waals surface area contributed by atoms with Crippen LogP contribution in [0.4, 0.5) is 10.7 Å². The fourth-order valence-corrected chi connectivity index (χ4v) is 6.22. The highest BCUT2D eigenvalue weighted by Crippen LogP contribution is 2.45. The monoisotopic (exact) mass is 501 g/mol. The summed E-state index contributed by atoms with van der Waals surface area (Å²) in [4.78, 5) is 16.3. The van der Waals surface area contributed by atoms with E-state index in [0.29, 0.717) is 17.0 Å². The number of phenolic OH excluding ortho intramolecular Hbond substituents is 1. The van der Waals surface area contributed by atoms with E-state index in [1.54, 1.807) is 12.1 Å². The predicted molar refractivity (Wildman–Crippen MR) is 141 cm³/mol. The molecule has 8 nitrogen and oxygen atoms in total. The van der Waals surface area contributed by atoms with E-state index in [9.17, 15) is 15.0 Å². The van der Waals surface area contributed by atoms with Crippen molar-refractivity contribution in [2.75, 3.05) is 36.0 Å². The highest BCUT2D eigenvalue weighted by molar-refractivity contribution is 7.10. The summed E-state index contributed by atoms with van der Waals surface area (Å²) in [7, 11) is 0. The Balaban J connectivity index is 1.11. The summed E-state index contributed by atoms with van der Waals surface area (Å²) in [6, 6.07) is 17.3. The average Bonchev–Trinajstić information content (AvgIpc) is 3.25. The Kier molecular flexibility index (Phi) is 5.33. The number of para-hydroxylation sites is 1. The van der Waals surface area contributed by atoms with Gasteiger partial charge in [-0.25, -0.2) is 0 Å². The summed E-state index contributed by atoms with van der Waals surface area (Å²) in [5, 5.41) is 30.5. The van der Waals surface area contributed by atoms with Crippen LogP contribution in [0, 0.1) is 11.3 Å². The van der Waals surface area contributed by atoms with Crippen molar-refractivity contribution in [2.24, 2.45) is 11.3 Å². The van der Waals surface area contributed by atoms with Gasteiger partial charge in [-0.3, -0.25) is 4.79 Å². The number of rotatable bonds is 6. The van der Waals surface area contributed by atoms with Crippen LogP contribution in [0.2, 0.25) is 0 Å². The maximum absolute atomic E-state index is 11.6. The molecule has 6 rings (SSSR count). The number of hydrogen-bond acceptors (Lipinski definition) is 8. The van der Waals surface area contributed by atoms with Gasteiger partial charge >= 0.3 is 5.97 Å². The maximum atomic E-state index is 11.6. The molecule has 1 unspecified atom stereocenters. The lowest BCUT2D eigenvalue weighted by molar-refractivity contribution is -0.139. The molecule has 2 fully saturated rings. The minimum Gasteiger partial charge on any atom is -0.507 e. The van der Waals surface area contributed by atoms with Crippen molar-refractivity contribution in [2.45, 2.75) is 19.8 Å². The average molecular weight is 502 g/mol. The maximum Gasteiger partial charge on any atom is 0.312 e. The van der Waals surface area contributed by atoms with Crippen LogP contribution < -0.4 is 9.80 Å². The van der Waals surface area contributed by atoms with Crippen LogP contribution in [0.25, 0.3) is 22.2 Å². The van der Waals surface area contributed by atoms with E-state index in [1.807, 2.05) is 38.1 Å². The zero-order valence-corrected chi connectivity index (χ0v) is 20.9. The Labute approximate surface area is 213 Å². The number of anilines is 2. The van der Waals surface area contributed by atoms with Crippen molar-refractivity contribution in [3.63, 3.8) is 0 Å². The number of carboxylic acid groups (broad SMARTS) is 1. The number of benzene rings is 2. The summed E-state index contributed by atoms with van der Waals surface area (Å²) in [6.45, 7) is 7.72. The number of aromatic hydroxyl groups is 1. The van der Waals surface area contributed by atoms with Gasteiger partial charge in [0.1, 0.15) is 16.7 Å². The molecule has 0 bridgehead atoms. The van der Waals surface area contributed by atoms with Crippen LogP contribution in [0.3, 0.4) is 0 Å². The third-order valence-electron chi connectivity index (χ3n) is 7.30. The molecule has 2 saturated heterocycles. The number of carboxylic acids is 1. The largest absolute Gasteiger partial charge is 0.507 e. The topological polar surface area (TPSA) is 103 Å². The smallest absolute Gasteiger partial charge is 0.312 e. The molecule has 2 aromatic carbocycles. The van der Waals surface area contributed by atoms with E-state index in [4.69, 9.17) is 0 Å². The van der Waals surface area contributed by atoms with Gasteiger partial charge in [-0.15, -0.1) is 10.2 Å². The second kappa shape index (κ2) is 8.44. The summed E-state index contributed by atoms with van der Waals surface area (Å²) in [5.74, 6) is -1.18.